The van der Waals surface area contributed by atoms with Gasteiger partial charge in [0.25, 0.3) is 0 Å². The van der Waals surface area contributed by atoms with Crippen LogP contribution in [0, 0.1) is 0 Å². The summed E-state index contributed by atoms with van der Waals surface area (Å²) >= 11 is 1.78. The number of thiophene rings is 1. The summed E-state index contributed by atoms with van der Waals surface area (Å²) in [5.74, 6) is 0.0459. The summed E-state index contributed by atoms with van der Waals surface area (Å²) in [6.07, 6.45) is 2.49. The van der Waals surface area contributed by atoms with Gasteiger partial charge in [-0.15, -0.1) is 11.3 Å². The molecule has 2 unspecified atom stereocenters. The van der Waals surface area contributed by atoms with Crippen molar-refractivity contribution in [2.75, 3.05) is 6.54 Å². The van der Waals surface area contributed by atoms with Crippen LogP contribution in [0.15, 0.2) is 47.8 Å². The first-order valence-electron chi connectivity index (χ1n) is 6.76. The highest BCUT2D eigenvalue weighted by Crippen LogP contribution is 2.22. The topological polar surface area (TPSA) is 46.2 Å². The van der Waals surface area contributed by atoms with E-state index in [9.17, 15) is 5.11 Å². The van der Waals surface area contributed by atoms with Crippen molar-refractivity contribution >= 4 is 11.3 Å². The average molecular weight is 275 g/mol. The van der Waals surface area contributed by atoms with E-state index in [0.717, 1.165) is 24.8 Å². The Morgan fingerprint density at radius 1 is 1.11 bits per heavy atom. The first-order chi connectivity index (χ1) is 9.31. The highest BCUT2D eigenvalue weighted by Gasteiger charge is 2.19. The third-order valence-corrected chi connectivity index (χ3v) is 4.39. The molecule has 2 atom stereocenters. The molecule has 0 aliphatic carbocycles. The first kappa shape index (κ1) is 14.3. The van der Waals surface area contributed by atoms with Gasteiger partial charge in [0.1, 0.15) is 0 Å². The molecule has 0 spiro atoms. The molecule has 0 amide bonds. The van der Waals surface area contributed by atoms with E-state index in [1.807, 2.05) is 30.3 Å². The number of aliphatic hydroxyl groups is 1. The summed E-state index contributed by atoms with van der Waals surface area (Å²) in [6.45, 7) is 0.490. The molecule has 3 N–H and O–H groups in total. The van der Waals surface area contributed by atoms with Gasteiger partial charge in [-0.1, -0.05) is 36.4 Å². The number of hydrogen-bond acceptors (Lipinski definition) is 3. The van der Waals surface area contributed by atoms with Gasteiger partial charge < -0.3 is 10.8 Å². The van der Waals surface area contributed by atoms with E-state index in [0.29, 0.717) is 6.54 Å². The van der Waals surface area contributed by atoms with Crippen LogP contribution in [0.3, 0.4) is 0 Å². The summed E-state index contributed by atoms with van der Waals surface area (Å²) in [7, 11) is 0. The molecule has 19 heavy (non-hydrogen) atoms. The predicted octanol–water partition coefficient (Wildman–Crippen LogP) is 3.17. The molecule has 3 heteroatoms. The van der Waals surface area contributed by atoms with Gasteiger partial charge in [-0.25, -0.2) is 0 Å². The van der Waals surface area contributed by atoms with Crippen molar-refractivity contribution in [1.82, 2.24) is 0 Å². The summed E-state index contributed by atoms with van der Waals surface area (Å²) in [5.41, 5.74) is 6.95. The van der Waals surface area contributed by atoms with Gasteiger partial charge in [-0.05, 0) is 36.3 Å². The molecular formula is C16H21NOS. The Bertz CT molecular complexity index is 455. The smallest absolute Gasteiger partial charge is 0.0621 e. The second-order valence-electron chi connectivity index (χ2n) is 4.79. The average Bonchev–Trinajstić information content (AvgIpc) is 2.94. The molecule has 1 aromatic carbocycles. The Kier molecular flexibility index (Phi) is 5.58. The number of aliphatic hydroxyl groups excluding tert-OH is 1. The van der Waals surface area contributed by atoms with Crippen LogP contribution in [-0.2, 0) is 6.42 Å². The van der Waals surface area contributed by atoms with Crippen LogP contribution in [0.25, 0.3) is 0 Å². The van der Waals surface area contributed by atoms with Crippen molar-refractivity contribution in [3.05, 3.63) is 58.3 Å². The largest absolute Gasteiger partial charge is 0.392 e. The van der Waals surface area contributed by atoms with Crippen molar-refractivity contribution in [3.63, 3.8) is 0 Å². The number of rotatable bonds is 7. The molecular weight excluding hydrogens is 254 g/mol. The zero-order valence-electron chi connectivity index (χ0n) is 11.0. The van der Waals surface area contributed by atoms with Crippen LogP contribution >= 0.6 is 11.3 Å². The minimum Gasteiger partial charge on any atom is -0.392 e. The molecule has 0 fully saturated rings. The maximum Gasteiger partial charge on any atom is 0.0621 e. The normalized spacial score (nSPS) is 14.2. The van der Waals surface area contributed by atoms with Gasteiger partial charge in [0.05, 0.1) is 6.10 Å². The third-order valence-electron chi connectivity index (χ3n) is 3.45. The Morgan fingerprint density at radius 2 is 1.89 bits per heavy atom. The molecule has 2 nitrogen and oxygen atoms in total. The van der Waals surface area contributed by atoms with E-state index in [4.69, 9.17) is 5.73 Å². The zero-order chi connectivity index (χ0) is 13.5. The molecule has 2 rings (SSSR count). The Morgan fingerprint density at radius 3 is 2.53 bits per heavy atom. The second kappa shape index (κ2) is 7.43. The Hall–Kier alpha value is -1.16. The molecule has 0 radical (unpaired) electrons. The number of benzene rings is 1. The van der Waals surface area contributed by atoms with E-state index < -0.39 is 0 Å². The molecule has 0 bridgehead atoms. The lowest BCUT2D eigenvalue weighted by Crippen LogP contribution is -2.26. The Balaban J connectivity index is 1.85. The van der Waals surface area contributed by atoms with E-state index in [-0.39, 0.29) is 12.0 Å². The molecule has 0 aliphatic rings. The van der Waals surface area contributed by atoms with Gasteiger partial charge in [0, 0.05) is 17.3 Å². The van der Waals surface area contributed by atoms with Crippen molar-refractivity contribution in [2.24, 2.45) is 5.73 Å². The Labute approximate surface area is 118 Å². The summed E-state index contributed by atoms with van der Waals surface area (Å²) in [4.78, 5) is 1.39. The SMILES string of the molecule is NCC(c1ccccc1)C(O)CCCc1cccs1. The van der Waals surface area contributed by atoms with E-state index in [2.05, 4.69) is 17.5 Å². The quantitative estimate of drug-likeness (QED) is 0.815. The summed E-state index contributed by atoms with van der Waals surface area (Å²) < 4.78 is 0. The van der Waals surface area contributed by atoms with Crippen molar-refractivity contribution in [3.8, 4) is 0 Å². The highest BCUT2D eigenvalue weighted by molar-refractivity contribution is 7.09. The van der Waals surface area contributed by atoms with Crippen LogP contribution in [0.1, 0.15) is 29.2 Å². The van der Waals surface area contributed by atoms with Crippen molar-refractivity contribution < 1.29 is 5.11 Å². The van der Waals surface area contributed by atoms with E-state index in [1.54, 1.807) is 11.3 Å². The lowest BCUT2D eigenvalue weighted by Gasteiger charge is -2.21. The van der Waals surface area contributed by atoms with Gasteiger partial charge in [-0.2, -0.15) is 0 Å². The van der Waals surface area contributed by atoms with Crippen molar-refractivity contribution in [1.29, 1.82) is 0 Å². The first-order valence-corrected chi connectivity index (χ1v) is 7.64. The van der Waals surface area contributed by atoms with Crippen molar-refractivity contribution in [2.45, 2.75) is 31.3 Å². The fraction of sp³-hybridized carbons (Fsp3) is 0.375. The van der Waals surface area contributed by atoms with Crippen LogP contribution in [0.5, 0.6) is 0 Å². The minimum atomic E-state index is -0.354. The molecule has 0 saturated carbocycles. The molecule has 1 heterocycles. The fourth-order valence-corrected chi connectivity index (χ4v) is 3.11. The molecule has 102 valence electrons. The lowest BCUT2D eigenvalue weighted by molar-refractivity contribution is 0.133. The maximum absolute atomic E-state index is 10.3. The van der Waals surface area contributed by atoms with Gasteiger partial charge in [0.2, 0.25) is 0 Å². The van der Waals surface area contributed by atoms with Crippen LogP contribution < -0.4 is 5.73 Å². The fourth-order valence-electron chi connectivity index (χ4n) is 2.36. The minimum absolute atomic E-state index is 0.0459. The standard InChI is InChI=1S/C16H21NOS/c17-12-15(13-6-2-1-3-7-13)16(18)10-4-8-14-9-5-11-19-14/h1-3,5-7,9,11,15-16,18H,4,8,10,12,17H2. The van der Waals surface area contributed by atoms with Crippen LogP contribution in [0.2, 0.25) is 0 Å². The summed E-state index contributed by atoms with van der Waals surface area (Å²) in [5, 5.41) is 12.4. The maximum atomic E-state index is 10.3. The zero-order valence-corrected chi connectivity index (χ0v) is 11.9. The number of hydrogen-bond donors (Lipinski definition) is 2. The number of nitrogens with two attached hydrogens (primary N) is 1. The molecule has 0 aliphatic heterocycles. The monoisotopic (exact) mass is 275 g/mol. The summed E-state index contributed by atoms with van der Waals surface area (Å²) in [6, 6.07) is 14.3. The molecule has 2 aromatic rings. The second-order valence-corrected chi connectivity index (χ2v) is 5.82. The lowest BCUT2D eigenvalue weighted by atomic mass is 9.90. The predicted molar refractivity (Wildman–Crippen MR) is 81.5 cm³/mol. The third kappa shape index (κ3) is 4.16. The molecule has 1 aromatic heterocycles. The van der Waals surface area contributed by atoms with Gasteiger partial charge in [-0.3, -0.25) is 0 Å². The van der Waals surface area contributed by atoms with Crippen LogP contribution in [0.4, 0.5) is 0 Å². The molecule has 0 saturated heterocycles. The van der Waals surface area contributed by atoms with Gasteiger partial charge >= 0.3 is 0 Å². The van der Waals surface area contributed by atoms with Crippen LogP contribution in [-0.4, -0.2) is 17.8 Å². The van der Waals surface area contributed by atoms with E-state index >= 15 is 0 Å². The van der Waals surface area contributed by atoms with Gasteiger partial charge in [0.15, 0.2) is 0 Å². The number of aryl methyl sites for hydroxylation is 1. The highest BCUT2D eigenvalue weighted by atomic mass is 32.1. The van der Waals surface area contributed by atoms with E-state index in [1.165, 1.54) is 4.88 Å².